The summed E-state index contributed by atoms with van der Waals surface area (Å²) < 4.78 is 4.42. The average molecular weight is 262 g/mol. The van der Waals surface area contributed by atoms with Gasteiger partial charge in [-0.25, -0.2) is 9.59 Å². The first-order chi connectivity index (χ1) is 9.11. The molecule has 0 spiro atoms. The Bertz CT molecular complexity index is 605. The first kappa shape index (κ1) is 12.9. The molecule has 1 amide bonds. The Morgan fingerprint density at radius 3 is 2.84 bits per heavy atom. The van der Waals surface area contributed by atoms with Crippen LogP contribution in [0.1, 0.15) is 5.56 Å². The van der Waals surface area contributed by atoms with E-state index in [1.165, 1.54) is 7.11 Å². The van der Waals surface area contributed by atoms with E-state index >= 15 is 0 Å². The van der Waals surface area contributed by atoms with Gasteiger partial charge in [0.1, 0.15) is 6.04 Å². The zero-order valence-electron chi connectivity index (χ0n) is 10.3. The molecular weight excluding hydrogens is 248 g/mol. The van der Waals surface area contributed by atoms with Crippen molar-refractivity contribution in [2.75, 3.05) is 7.11 Å². The topological polar surface area (TPSA) is 91.4 Å². The molecule has 1 atom stereocenters. The van der Waals surface area contributed by atoms with Crippen molar-refractivity contribution in [3.63, 3.8) is 0 Å². The Morgan fingerprint density at radius 2 is 2.16 bits per heavy atom. The van der Waals surface area contributed by atoms with E-state index in [1.54, 1.807) is 6.20 Å². The van der Waals surface area contributed by atoms with E-state index in [0.29, 0.717) is 0 Å². The standard InChI is InChI=1S/C13H14N2O4/c1-19-13(18)15-11(12(16)17)6-8-7-14-10-5-3-2-4-9(8)10/h2-5,7,11,14H,6H2,1H3,(H,15,18)(H,16,17)/t11-/m1/s1. The first-order valence-corrected chi connectivity index (χ1v) is 5.74. The van der Waals surface area contributed by atoms with Crippen LogP contribution < -0.4 is 5.32 Å². The number of ether oxygens (including phenoxy) is 1. The highest BCUT2D eigenvalue weighted by Crippen LogP contribution is 2.19. The maximum Gasteiger partial charge on any atom is 0.407 e. The number of nitrogens with one attached hydrogen (secondary N) is 2. The molecule has 0 saturated carbocycles. The fraction of sp³-hybridized carbons (Fsp3) is 0.231. The number of carbonyl (C=O) groups is 2. The number of aromatic amines is 1. The Labute approximate surface area is 109 Å². The summed E-state index contributed by atoms with van der Waals surface area (Å²) in [4.78, 5) is 25.3. The summed E-state index contributed by atoms with van der Waals surface area (Å²) in [5, 5.41) is 12.3. The fourth-order valence-corrected chi connectivity index (χ4v) is 1.92. The van der Waals surface area contributed by atoms with E-state index in [1.807, 2.05) is 24.3 Å². The molecule has 3 N–H and O–H groups in total. The molecule has 0 aliphatic heterocycles. The number of fused-ring (bicyclic) bond motifs is 1. The normalized spacial score (nSPS) is 12.1. The quantitative estimate of drug-likeness (QED) is 0.779. The minimum atomic E-state index is -1.10. The van der Waals surface area contributed by atoms with Crippen molar-refractivity contribution in [2.45, 2.75) is 12.5 Å². The van der Waals surface area contributed by atoms with Crippen LogP contribution in [0.3, 0.4) is 0 Å². The molecule has 2 aromatic rings. The van der Waals surface area contributed by atoms with Crippen LogP contribution in [0.15, 0.2) is 30.5 Å². The molecule has 6 nitrogen and oxygen atoms in total. The number of carboxylic acid groups (broad SMARTS) is 1. The summed E-state index contributed by atoms with van der Waals surface area (Å²) in [6.45, 7) is 0. The Morgan fingerprint density at radius 1 is 1.42 bits per heavy atom. The van der Waals surface area contributed by atoms with Crippen molar-refractivity contribution in [1.82, 2.24) is 10.3 Å². The Hall–Kier alpha value is -2.50. The number of benzene rings is 1. The third-order valence-electron chi connectivity index (χ3n) is 2.87. The molecule has 1 heterocycles. The second-order valence-electron chi connectivity index (χ2n) is 4.09. The summed E-state index contributed by atoms with van der Waals surface area (Å²) >= 11 is 0. The lowest BCUT2D eigenvalue weighted by molar-refractivity contribution is -0.139. The molecule has 0 aliphatic carbocycles. The number of hydrogen-bond acceptors (Lipinski definition) is 3. The number of rotatable bonds is 4. The van der Waals surface area contributed by atoms with Crippen LogP contribution in [-0.4, -0.2) is 35.3 Å². The van der Waals surface area contributed by atoms with Crippen molar-refractivity contribution < 1.29 is 19.4 Å². The second kappa shape index (κ2) is 5.43. The van der Waals surface area contributed by atoms with E-state index in [2.05, 4.69) is 15.0 Å². The van der Waals surface area contributed by atoms with Gasteiger partial charge in [0.25, 0.3) is 0 Å². The number of methoxy groups -OCH3 is 1. The number of aromatic nitrogens is 1. The minimum Gasteiger partial charge on any atom is -0.480 e. The third kappa shape index (κ3) is 2.85. The molecule has 1 aromatic heterocycles. The van der Waals surface area contributed by atoms with Crippen LogP contribution in [0.5, 0.6) is 0 Å². The van der Waals surface area contributed by atoms with E-state index in [0.717, 1.165) is 16.5 Å². The van der Waals surface area contributed by atoms with E-state index in [4.69, 9.17) is 5.11 Å². The minimum absolute atomic E-state index is 0.189. The first-order valence-electron chi connectivity index (χ1n) is 5.74. The molecular formula is C13H14N2O4. The van der Waals surface area contributed by atoms with E-state index in [-0.39, 0.29) is 6.42 Å². The van der Waals surface area contributed by atoms with Gasteiger partial charge in [0, 0.05) is 23.5 Å². The largest absolute Gasteiger partial charge is 0.480 e. The van der Waals surface area contributed by atoms with Crippen molar-refractivity contribution in [3.8, 4) is 0 Å². The molecule has 0 bridgehead atoms. The summed E-state index contributed by atoms with van der Waals surface area (Å²) in [6.07, 6.45) is 1.18. The summed E-state index contributed by atoms with van der Waals surface area (Å²) in [5.41, 5.74) is 1.76. The fourth-order valence-electron chi connectivity index (χ4n) is 1.92. The lowest BCUT2D eigenvalue weighted by Gasteiger charge is -2.12. The van der Waals surface area contributed by atoms with Gasteiger partial charge in [0.05, 0.1) is 7.11 Å². The van der Waals surface area contributed by atoms with Crippen LogP contribution >= 0.6 is 0 Å². The van der Waals surface area contributed by atoms with Gasteiger partial charge < -0.3 is 20.1 Å². The van der Waals surface area contributed by atoms with Gasteiger partial charge in [-0.05, 0) is 11.6 Å². The average Bonchev–Trinajstić information content (AvgIpc) is 2.81. The van der Waals surface area contributed by atoms with Crippen molar-refractivity contribution in [3.05, 3.63) is 36.0 Å². The number of aliphatic carboxylic acids is 1. The number of para-hydroxylation sites is 1. The van der Waals surface area contributed by atoms with Crippen LogP contribution in [-0.2, 0) is 16.0 Å². The Kier molecular flexibility index (Phi) is 3.70. The maximum absolute atomic E-state index is 11.1. The van der Waals surface area contributed by atoms with Gasteiger partial charge in [-0.3, -0.25) is 0 Å². The van der Waals surface area contributed by atoms with Crippen LogP contribution in [0.4, 0.5) is 4.79 Å². The highest BCUT2D eigenvalue weighted by molar-refractivity contribution is 5.85. The molecule has 1 aromatic carbocycles. The monoisotopic (exact) mass is 262 g/mol. The number of H-pyrrole nitrogens is 1. The van der Waals surface area contributed by atoms with E-state index in [9.17, 15) is 9.59 Å². The van der Waals surface area contributed by atoms with Gasteiger partial charge in [0.15, 0.2) is 0 Å². The van der Waals surface area contributed by atoms with E-state index < -0.39 is 18.1 Å². The summed E-state index contributed by atoms with van der Waals surface area (Å²) in [5.74, 6) is -1.10. The number of carboxylic acids is 1. The molecule has 100 valence electrons. The number of hydrogen-bond donors (Lipinski definition) is 3. The lowest BCUT2D eigenvalue weighted by Crippen LogP contribution is -2.42. The second-order valence-corrected chi connectivity index (χ2v) is 4.09. The van der Waals surface area contributed by atoms with Gasteiger partial charge >= 0.3 is 12.1 Å². The number of alkyl carbamates (subject to hydrolysis) is 1. The highest BCUT2D eigenvalue weighted by Gasteiger charge is 2.21. The van der Waals surface area contributed by atoms with Crippen molar-refractivity contribution >= 4 is 23.0 Å². The molecule has 6 heteroatoms. The zero-order chi connectivity index (χ0) is 13.8. The van der Waals surface area contributed by atoms with Crippen LogP contribution in [0.25, 0.3) is 10.9 Å². The van der Waals surface area contributed by atoms with Gasteiger partial charge in [0.2, 0.25) is 0 Å². The molecule has 0 aliphatic rings. The molecule has 0 radical (unpaired) electrons. The SMILES string of the molecule is COC(=O)N[C@H](Cc1c[nH]c2ccccc12)C(=O)O. The number of carbonyl (C=O) groups excluding carboxylic acids is 1. The third-order valence-corrected chi connectivity index (χ3v) is 2.87. The van der Waals surface area contributed by atoms with Crippen molar-refractivity contribution in [1.29, 1.82) is 0 Å². The molecule has 2 rings (SSSR count). The number of amides is 1. The zero-order valence-corrected chi connectivity index (χ0v) is 10.3. The Balaban J connectivity index is 2.21. The van der Waals surface area contributed by atoms with Crippen molar-refractivity contribution in [2.24, 2.45) is 0 Å². The van der Waals surface area contributed by atoms with Gasteiger partial charge in [-0.1, -0.05) is 18.2 Å². The van der Waals surface area contributed by atoms with Crippen LogP contribution in [0.2, 0.25) is 0 Å². The maximum atomic E-state index is 11.1. The molecule has 0 fully saturated rings. The molecule has 0 unspecified atom stereocenters. The smallest absolute Gasteiger partial charge is 0.407 e. The molecule has 19 heavy (non-hydrogen) atoms. The molecule has 0 saturated heterocycles. The summed E-state index contributed by atoms with van der Waals surface area (Å²) in [6, 6.07) is 6.56. The summed E-state index contributed by atoms with van der Waals surface area (Å²) in [7, 11) is 1.19. The lowest BCUT2D eigenvalue weighted by atomic mass is 10.1. The highest BCUT2D eigenvalue weighted by atomic mass is 16.5. The van der Waals surface area contributed by atoms with Crippen LogP contribution in [0, 0.1) is 0 Å². The van der Waals surface area contributed by atoms with Gasteiger partial charge in [-0.15, -0.1) is 0 Å². The predicted molar refractivity (Wildman–Crippen MR) is 69.0 cm³/mol. The van der Waals surface area contributed by atoms with Gasteiger partial charge in [-0.2, -0.15) is 0 Å². The predicted octanol–water partition coefficient (Wildman–Crippen LogP) is 1.52.